The smallest absolute Gasteiger partial charge is 0.277 e. The molecule has 1 aliphatic rings. The third-order valence-corrected chi connectivity index (χ3v) is 6.48. The summed E-state index contributed by atoms with van der Waals surface area (Å²) in [5, 5.41) is 2.81. The maximum Gasteiger partial charge on any atom is 0.277 e. The minimum Gasteiger partial charge on any atom is -0.350 e. The molecule has 1 aromatic carbocycles. The molecule has 0 saturated carbocycles. The average molecular weight is 430 g/mol. The predicted molar refractivity (Wildman–Crippen MR) is 106 cm³/mol. The second-order valence-corrected chi connectivity index (χ2v) is 10.3. The zero-order valence-electron chi connectivity index (χ0n) is 17.4. The van der Waals surface area contributed by atoms with Gasteiger partial charge < -0.3 is 15.1 Å². The van der Waals surface area contributed by atoms with Crippen molar-refractivity contribution in [3.8, 4) is 0 Å². The van der Waals surface area contributed by atoms with Gasteiger partial charge in [0, 0.05) is 12.6 Å². The maximum absolute atomic E-state index is 13.4. The summed E-state index contributed by atoms with van der Waals surface area (Å²) >= 11 is 0. The number of hydrogen-bond donors (Lipinski definition) is 2. The van der Waals surface area contributed by atoms with Crippen molar-refractivity contribution < 1.29 is 27.3 Å². The second-order valence-electron chi connectivity index (χ2n) is 8.34. The molecule has 0 aliphatic carbocycles. The highest BCUT2D eigenvalue weighted by atomic mass is 32.2. The van der Waals surface area contributed by atoms with Gasteiger partial charge in [0.05, 0.1) is 37.6 Å². The number of likely N-dealkylation sites (N-methyl/N-ethyl adjacent to an activating group) is 1. The van der Waals surface area contributed by atoms with Gasteiger partial charge in [0.25, 0.3) is 5.91 Å². The molecule has 0 unspecified atom stereocenters. The lowest BCUT2D eigenvalue weighted by atomic mass is 10.1. The van der Waals surface area contributed by atoms with Gasteiger partial charge in [0.15, 0.2) is 6.54 Å². The van der Waals surface area contributed by atoms with Crippen molar-refractivity contribution in [2.45, 2.75) is 31.2 Å². The fraction of sp³-hybridized carbons (Fsp3) is 0.579. The highest BCUT2D eigenvalue weighted by Crippen LogP contribution is 2.16. The van der Waals surface area contributed by atoms with Crippen LogP contribution in [0.4, 0.5) is 4.39 Å². The molecule has 2 amide bonds. The molecule has 1 saturated heterocycles. The minimum absolute atomic E-state index is 0.0243. The molecule has 0 spiro atoms. The van der Waals surface area contributed by atoms with Crippen LogP contribution in [0.2, 0.25) is 0 Å². The molecule has 0 atom stereocenters. The molecule has 8 nitrogen and oxygen atoms in total. The third-order valence-electron chi connectivity index (χ3n) is 4.59. The number of sulfonamides is 1. The zero-order valence-corrected chi connectivity index (χ0v) is 18.2. The van der Waals surface area contributed by atoms with Gasteiger partial charge in [-0.3, -0.25) is 9.59 Å². The lowest BCUT2D eigenvalue weighted by Crippen LogP contribution is -3.15. The third kappa shape index (κ3) is 6.76. The second kappa shape index (κ2) is 9.19. The monoisotopic (exact) mass is 429 g/mol. The highest BCUT2D eigenvalue weighted by molar-refractivity contribution is 7.89. The molecular formula is C19H30FN4O4S+. The number of piperazine rings is 1. The first-order valence-corrected chi connectivity index (χ1v) is 11.0. The number of halogens is 1. The van der Waals surface area contributed by atoms with Gasteiger partial charge >= 0.3 is 0 Å². The number of hydrogen-bond acceptors (Lipinski definition) is 4. The molecule has 1 heterocycles. The van der Waals surface area contributed by atoms with Crippen LogP contribution in [-0.2, 0) is 19.6 Å². The Labute approximate surface area is 171 Å². The predicted octanol–water partition coefficient (Wildman–Crippen LogP) is -0.912. The molecule has 0 radical (unpaired) electrons. The number of nitrogens with one attached hydrogen (secondary N) is 2. The largest absolute Gasteiger partial charge is 0.350 e. The van der Waals surface area contributed by atoms with Crippen LogP contribution >= 0.6 is 0 Å². The van der Waals surface area contributed by atoms with Crippen molar-refractivity contribution in [3.63, 3.8) is 0 Å². The Kier molecular flexibility index (Phi) is 7.36. The Balaban J connectivity index is 1.86. The molecular weight excluding hydrogens is 399 g/mol. The molecule has 1 aromatic rings. The first kappa shape index (κ1) is 23.2. The summed E-state index contributed by atoms with van der Waals surface area (Å²) in [5.74, 6) is -1.00. The van der Waals surface area contributed by atoms with Gasteiger partial charge in [-0.2, -0.15) is 4.31 Å². The van der Waals surface area contributed by atoms with Gasteiger partial charge in [-0.25, -0.2) is 12.8 Å². The van der Waals surface area contributed by atoms with Crippen molar-refractivity contribution in [1.82, 2.24) is 14.5 Å². The van der Waals surface area contributed by atoms with E-state index in [1.165, 1.54) is 27.4 Å². The van der Waals surface area contributed by atoms with Gasteiger partial charge in [-0.05, 0) is 39.0 Å². The number of quaternary nitrogens is 1. The van der Waals surface area contributed by atoms with E-state index in [0.717, 1.165) is 11.0 Å². The number of nitrogens with zero attached hydrogens (tertiary/aromatic N) is 2. The molecule has 1 fully saturated rings. The van der Waals surface area contributed by atoms with Crippen LogP contribution in [0.3, 0.4) is 0 Å². The molecule has 29 heavy (non-hydrogen) atoms. The summed E-state index contributed by atoms with van der Waals surface area (Å²) in [4.78, 5) is 26.6. The SMILES string of the molecule is CN(CC(=O)NC(C)(C)C)C(=O)C[NH+]1CCN(S(=O)(=O)c2cccc(F)c2)CC1. The number of carbonyl (C=O) groups excluding carboxylic acids is 2. The van der Waals surface area contributed by atoms with Crippen LogP contribution < -0.4 is 10.2 Å². The van der Waals surface area contributed by atoms with E-state index in [1.54, 1.807) is 7.05 Å². The summed E-state index contributed by atoms with van der Waals surface area (Å²) in [6.07, 6.45) is 0. The van der Waals surface area contributed by atoms with Crippen LogP contribution in [0, 0.1) is 5.82 Å². The molecule has 1 aliphatic heterocycles. The number of amides is 2. The topological polar surface area (TPSA) is 91.2 Å². The fourth-order valence-corrected chi connectivity index (χ4v) is 4.58. The quantitative estimate of drug-likeness (QED) is 0.613. The van der Waals surface area contributed by atoms with E-state index >= 15 is 0 Å². The summed E-state index contributed by atoms with van der Waals surface area (Å²) in [6, 6.07) is 4.95. The fourth-order valence-electron chi connectivity index (χ4n) is 3.11. The standard InChI is InChI=1S/C19H29FN4O4S/c1-19(2,3)21-17(25)13-22(4)18(26)14-23-8-10-24(11-9-23)29(27,28)16-7-5-6-15(20)12-16/h5-7,12H,8-11,13-14H2,1-4H3,(H,21,25)/p+1. The Morgan fingerprint density at radius 2 is 1.86 bits per heavy atom. The molecule has 2 N–H and O–H groups in total. The van der Waals surface area contributed by atoms with Crippen LogP contribution in [0.25, 0.3) is 0 Å². The van der Waals surface area contributed by atoms with E-state index in [9.17, 15) is 22.4 Å². The van der Waals surface area contributed by atoms with Gasteiger partial charge in [-0.1, -0.05) is 6.07 Å². The van der Waals surface area contributed by atoms with Crippen LogP contribution in [0.5, 0.6) is 0 Å². The summed E-state index contributed by atoms with van der Waals surface area (Å²) in [6.45, 7) is 7.18. The van der Waals surface area contributed by atoms with Gasteiger partial charge in [0.1, 0.15) is 5.82 Å². The van der Waals surface area contributed by atoms with E-state index in [-0.39, 0.29) is 48.4 Å². The van der Waals surface area contributed by atoms with E-state index < -0.39 is 15.8 Å². The summed E-state index contributed by atoms with van der Waals surface area (Å²) in [7, 11) is -2.18. The van der Waals surface area contributed by atoms with Crippen molar-refractivity contribution in [3.05, 3.63) is 30.1 Å². The molecule has 0 bridgehead atoms. The highest BCUT2D eigenvalue weighted by Gasteiger charge is 2.32. The average Bonchev–Trinajstić information content (AvgIpc) is 2.60. The first-order valence-electron chi connectivity index (χ1n) is 9.53. The van der Waals surface area contributed by atoms with E-state index in [4.69, 9.17) is 0 Å². The van der Waals surface area contributed by atoms with Crippen molar-refractivity contribution in [2.24, 2.45) is 0 Å². The Bertz CT molecular complexity index is 846. The van der Waals surface area contributed by atoms with Crippen LogP contribution in [0.1, 0.15) is 20.8 Å². The lowest BCUT2D eigenvalue weighted by Gasteiger charge is -2.32. The Hall–Kier alpha value is -2.04. The number of benzene rings is 1. The van der Waals surface area contributed by atoms with Crippen LogP contribution in [-0.4, -0.2) is 81.3 Å². The first-order chi connectivity index (χ1) is 13.4. The molecule has 162 valence electrons. The molecule has 10 heteroatoms. The van der Waals surface area contributed by atoms with Crippen LogP contribution in [0.15, 0.2) is 29.2 Å². The Morgan fingerprint density at radius 1 is 1.24 bits per heavy atom. The lowest BCUT2D eigenvalue weighted by molar-refractivity contribution is -0.895. The van der Waals surface area contributed by atoms with E-state index in [2.05, 4.69) is 5.32 Å². The minimum atomic E-state index is -3.75. The van der Waals surface area contributed by atoms with Crippen molar-refractivity contribution >= 4 is 21.8 Å². The molecule has 0 aromatic heterocycles. The molecule has 2 rings (SSSR count). The zero-order chi connectivity index (χ0) is 21.8. The number of rotatable bonds is 6. The summed E-state index contributed by atoms with van der Waals surface area (Å²) < 4.78 is 40.0. The van der Waals surface area contributed by atoms with Crippen molar-refractivity contribution in [1.29, 1.82) is 0 Å². The van der Waals surface area contributed by atoms with Gasteiger partial charge in [-0.15, -0.1) is 0 Å². The maximum atomic E-state index is 13.4. The number of carbonyl (C=O) groups is 2. The van der Waals surface area contributed by atoms with Gasteiger partial charge in [0.2, 0.25) is 15.9 Å². The normalized spacial score (nSPS) is 16.4. The van der Waals surface area contributed by atoms with E-state index in [0.29, 0.717) is 13.1 Å². The van der Waals surface area contributed by atoms with E-state index in [1.807, 2.05) is 20.8 Å². The van der Waals surface area contributed by atoms with Crippen molar-refractivity contribution in [2.75, 3.05) is 46.3 Å². The summed E-state index contributed by atoms with van der Waals surface area (Å²) in [5.41, 5.74) is -0.365. The Morgan fingerprint density at radius 3 is 2.41 bits per heavy atom.